The molecule has 0 aromatic heterocycles. The zero-order valence-electron chi connectivity index (χ0n) is 16.3. The summed E-state index contributed by atoms with van der Waals surface area (Å²) in [6.45, 7) is 4.98. The molecule has 0 aliphatic carbocycles. The van der Waals surface area contributed by atoms with Gasteiger partial charge in [0.1, 0.15) is 0 Å². The fourth-order valence-electron chi connectivity index (χ4n) is 3.44. The zero-order valence-corrected chi connectivity index (χ0v) is 16.3. The second-order valence-corrected chi connectivity index (χ2v) is 6.88. The number of carbonyl (C=O) groups is 3. The molecule has 1 aliphatic rings. The number of Topliss-reactive ketones (excluding diaryl/α,β-unsaturated/α-hetero) is 1. The van der Waals surface area contributed by atoms with Gasteiger partial charge in [0.2, 0.25) is 11.7 Å². The number of ketones is 1. The minimum Gasteiger partial charge on any atom is -0.451 e. The molecule has 3 rings (SSSR count). The molecule has 0 N–H and O–H groups in total. The number of rotatable bonds is 5. The third-order valence-corrected chi connectivity index (χ3v) is 5.01. The Balaban J connectivity index is 1.77. The van der Waals surface area contributed by atoms with Crippen molar-refractivity contribution >= 4 is 29.0 Å². The Labute approximate surface area is 167 Å². The molecule has 0 spiro atoms. The SMILES string of the molecule is CC(=O)N1CCc2cc(C(=O)[C@H](C)OC(=O)c3cccc([N+](=O)[O-])c3C)ccc21. The summed E-state index contributed by atoms with van der Waals surface area (Å²) in [7, 11) is 0. The van der Waals surface area contributed by atoms with Gasteiger partial charge in [0, 0.05) is 36.3 Å². The van der Waals surface area contributed by atoms with Gasteiger partial charge in [-0.15, -0.1) is 0 Å². The van der Waals surface area contributed by atoms with Crippen LogP contribution in [0, 0.1) is 17.0 Å². The Hall–Kier alpha value is -3.55. The van der Waals surface area contributed by atoms with E-state index in [0.717, 1.165) is 11.3 Å². The minimum atomic E-state index is -1.07. The molecule has 2 aromatic rings. The standard InChI is InChI=1S/C21H20N2O6/c1-12-17(5-4-6-18(12)23(27)28)21(26)29-13(2)20(25)16-7-8-19-15(11-16)9-10-22(19)14(3)24/h4-8,11,13H,9-10H2,1-3H3/t13-/m0/s1. The van der Waals surface area contributed by atoms with Crippen LogP contribution in [0.1, 0.15) is 45.7 Å². The van der Waals surface area contributed by atoms with Gasteiger partial charge in [-0.05, 0) is 50.1 Å². The Morgan fingerprint density at radius 2 is 1.93 bits per heavy atom. The number of hydrogen-bond donors (Lipinski definition) is 0. The summed E-state index contributed by atoms with van der Waals surface area (Å²) < 4.78 is 5.27. The normalized spacial score (nSPS) is 13.6. The van der Waals surface area contributed by atoms with Crippen LogP contribution >= 0.6 is 0 Å². The number of nitro benzene ring substituents is 1. The number of fused-ring (bicyclic) bond motifs is 1. The van der Waals surface area contributed by atoms with E-state index in [1.54, 1.807) is 23.1 Å². The fraction of sp³-hybridized carbons (Fsp3) is 0.286. The van der Waals surface area contributed by atoms with Gasteiger partial charge >= 0.3 is 5.97 Å². The van der Waals surface area contributed by atoms with E-state index >= 15 is 0 Å². The number of amides is 1. The van der Waals surface area contributed by atoms with Crippen molar-refractivity contribution in [1.82, 2.24) is 0 Å². The lowest BCUT2D eigenvalue weighted by Gasteiger charge is -2.16. The van der Waals surface area contributed by atoms with Crippen molar-refractivity contribution < 1.29 is 24.0 Å². The Bertz CT molecular complexity index is 1030. The predicted octanol–water partition coefficient (Wildman–Crippen LogP) is 3.24. The number of carbonyl (C=O) groups excluding carboxylic acids is 3. The molecule has 8 heteroatoms. The smallest absolute Gasteiger partial charge is 0.339 e. The second kappa shape index (κ2) is 7.83. The molecule has 2 aromatic carbocycles. The first-order valence-corrected chi connectivity index (χ1v) is 9.11. The molecule has 1 aliphatic heterocycles. The molecule has 0 saturated heterocycles. The molecule has 0 saturated carbocycles. The summed E-state index contributed by atoms with van der Waals surface area (Å²) in [5.41, 5.74) is 2.09. The molecular formula is C21H20N2O6. The molecule has 8 nitrogen and oxygen atoms in total. The van der Waals surface area contributed by atoms with Crippen LogP contribution in [0.5, 0.6) is 0 Å². The van der Waals surface area contributed by atoms with E-state index in [1.165, 1.54) is 39.0 Å². The number of nitro groups is 1. The maximum Gasteiger partial charge on any atom is 0.339 e. The zero-order chi connectivity index (χ0) is 21.3. The molecule has 1 atom stereocenters. The molecule has 0 fully saturated rings. The lowest BCUT2D eigenvalue weighted by molar-refractivity contribution is -0.385. The summed E-state index contributed by atoms with van der Waals surface area (Å²) in [5.74, 6) is -1.24. The number of esters is 1. The van der Waals surface area contributed by atoms with Crippen LogP contribution in [0.15, 0.2) is 36.4 Å². The highest BCUT2D eigenvalue weighted by Crippen LogP contribution is 2.29. The first kappa shape index (κ1) is 20.2. The van der Waals surface area contributed by atoms with Crippen LogP contribution in [-0.2, 0) is 16.0 Å². The van der Waals surface area contributed by atoms with Crippen molar-refractivity contribution in [2.45, 2.75) is 33.3 Å². The lowest BCUT2D eigenvalue weighted by Crippen LogP contribution is -2.26. The van der Waals surface area contributed by atoms with Crippen molar-refractivity contribution in [2.24, 2.45) is 0 Å². The molecule has 150 valence electrons. The Kier molecular flexibility index (Phi) is 5.45. The molecular weight excluding hydrogens is 376 g/mol. The van der Waals surface area contributed by atoms with Gasteiger partial charge in [-0.1, -0.05) is 6.07 Å². The van der Waals surface area contributed by atoms with Gasteiger partial charge < -0.3 is 9.64 Å². The third-order valence-electron chi connectivity index (χ3n) is 5.01. The topological polar surface area (TPSA) is 107 Å². The number of benzene rings is 2. The average Bonchev–Trinajstić information content (AvgIpc) is 3.10. The van der Waals surface area contributed by atoms with Crippen molar-refractivity contribution in [2.75, 3.05) is 11.4 Å². The van der Waals surface area contributed by atoms with Gasteiger partial charge in [0.25, 0.3) is 5.69 Å². The lowest BCUT2D eigenvalue weighted by atomic mass is 10.0. The summed E-state index contributed by atoms with van der Waals surface area (Å²) in [5, 5.41) is 11.0. The Morgan fingerprint density at radius 3 is 2.59 bits per heavy atom. The maximum absolute atomic E-state index is 12.7. The Morgan fingerprint density at radius 1 is 1.21 bits per heavy atom. The predicted molar refractivity (Wildman–Crippen MR) is 105 cm³/mol. The molecule has 1 amide bonds. The minimum absolute atomic E-state index is 0.0462. The highest BCUT2D eigenvalue weighted by Gasteiger charge is 2.27. The van der Waals surface area contributed by atoms with Crippen LogP contribution in [-0.4, -0.2) is 35.2 Å². The highest BCUT2D eigenvalue weighted by atomic mass is 16.6. The van der Waals surface area contributed by atoms with Crippen molar-refractivity contribution in [3.8, 4) is 0 Å². The summed E-state index contributed by atoms with van der Waals surface area (Å²) >= 11 is 0. The second-order valence-electron chi connectivity index (χ2n) is 6.88. The first-order valence-electron chi connectivity index (χ1n) is 9.11. The number of anilines is 1. The van der Waals surface area contributed by atoms with E-state index in [0.29, 0.717) is 18.5 Å². The van der Waals surface area contributed by atoms with Crippen molar-refractivity contribution in [1.29, 1.82) is 0 Å². The van der Waals surface area contributed by atoms with Gasteiger partial charge in [-0.3, -0.25) is 19.7 Å². The van der Waals surface area contributed by atoms with Crippen molar-refractivity contribution in [3.05, 3.63) is 68.8 Å². The first-order chi connectivity index (χ1) is 13.7. The monoisotopic (exact) mass is 396 g/mol. The van der Waals surface area contributed by atoms with Crippen molar-refractivity contribution in [3.63, 3.8) is 0 Å². The van der Waals surface area contributed by atoms with Gasteiger partial charge in [0.15, 0.2) is 6.10 Å². The molecule has 0 radical (unpaired) electrons. The summed E-state index contributed by atoms with van der Waals surface area (Å²) in [6, 6.07) is 9.16. The summed E-state index contributed by atoms with van der Waals surface area (Å²) in [4.78, 5) is 48.9. The molecule has 1 heterocycles. The van der Waals surface area contributed by atoms with E-state index in [9.17, 15) is 24.5 Å². The van der Waals surface area contributed by atoms with Gasteiger partial charge in [-0.25, -0.2) is 4.79 Å². The number of ether oxygens (including phenoxy) is 1. The van der Waals surface area contributed by atoms with Crippen LogP contribution in [0.25, 0.3) is 0 Å². The van der Waals surface area contributed by atoms with Gasteiger partial charge in [-0.2, -0.15) is 0 Å². The van der Waals surface area contributed by atoms with Crippen LogP contribution in [0.2, 0.25) is 0 Å². The average molecular weight is 396 g/mol. The maximum atomic E-state index is 12.7. The number of hydrogen-bond acceptors (Lipinski definition) is 6. The highest BCUT2D eigenvalue weighted by molar-refractivity contribution is 6.03. The molecule has 0 unspecified atom stereocenters. The number of nitrogens with zero attached hydrogens (tertiary/aromatic N) is 2. The fourth-order valence-corrected chi connectivity index (χ4v) is 3.44. The van der Waals surface area contributed by atoms with E-state index in [-0.39, 0.29) is 28.5 Å². The van der Waals surface area contributed by atoms with E-state index in [2.05, 4.69) is 0 Å². The van der Waals surface area contributed by atoms with E-state index in [4.69, 9.17) is 4.74 Å². The third kappa shape index (κ3) is 3.87. The summed E-state index contributed by atoms with van der Waals surface area (Å²) in [6.07, 6.45) is -0.415. The van der Waals surface area contributed by atoms with Crippen LogP contribution < -0.4 is 4.90 Å². The van der Waals surface area contributed by atoms with Crippen LogP contribution in [0.3, 0.4) is 0 Å². The van der Waals surface area contributed by atoms with Gasteiger partial charge in [0.05, 0.1) is 10.5 Å². The van der Waals surface area contributed by atoms with Crippen LogP contribution in [0.4, 0.5) is 11.4 Å². The van der Waals surface area contributed by atoms with E-state index < -0.39 is 17.0 Å². The molecule has 29 heavy (non-hydrogen) atoms. The molecule has 0 bridgehead atoms. The largest absolute Gasteiger partial charge is 0.451 e. The quantitative estimate of drug-likeness (QED) is 0.332. The van der Waals surface area contributed by atoms with E-state index in [1.807, 2.05) is 0 Å².